The van der Waals surface area contributed by atoms with Crippen LogP contribution in [0.2, 0.25) is 0 Å². The molecule has 1 aromatic carbocycles. The molecule has 0 atom stereocenters. The van der Waals surface area contributed by atoms with Crippen LogP contribution in [0, 0.1) is 0 Å². The van der Waals surface area contributed by atoms with E-state index in [9.17, 15) is 9.59 Å². The van der Waals surface area contributed by atoms with Crippen molar-refractivity contribution in [3.63, 3.8) is 0 Å². The molecule has 0 fully saturated rings. The van der Waals surface area contributed by atoms with Gasteiger partial charge < -0.3 is 19.4 Å². The third-order valence-corrected chi connectivity index (χ3v) is 3.87. The van der Waals surface area contributed by atoms with Crippen LogP contribution in [-0.2, 0) is 11.8 Å². The molecule has 0 saturated heterocycles. The summed E-state index contributed by atoms with van der Waals surface area (Å²) in [7, 11) is 4.80. The Balaban J connectivity index is 2.02. The molecular weight excluding hydrogens is 318 g/mol. The standard InChI is InChI=1S/C15H17N3O4S/c1-18-6-7-23-15(18)17-13(19)9-16-14(20)10-4-5-11(21-2)12(8-10)22-3/h4-8H,9H2,1-3H3,(H,16,20). The summed E-state index contributed by atoms with van der Waals surface area (Å²) in [5.74, 6) is 0.170. The van der Waals surface area contributed by atoms with Gasteiger partial charge in [0.1, 0.15) is 0 Å². The Morgan fingerprint density at radius 2 is 2.00 bits per heavy atom. The SMILES string of the molecule is COc1ccc(C(=O)NCC(=O)N=c2sccn2C)cc1OC. The topological polar surface area (TPSA) is 81.9 Å². The van der Waals surface area contributed by atoms with Crippen molar-refractivity contribution < 1.29 is 19.1 Å². The number of aromatic nitrogens is 1. The van der Waals surface area contributed by atoms with Crippen molar-refractivity contribution in [2.75, 3.05) is 20.8 Å². The van der Waals surface area contributed by atoms with E-state index in [-0.39, 0.29) is 12.5 Å². The first kappa shape index (κ1) is 16.8. The second-order valence-electron chi connectivity index (χ2n) is 4.55. The highest BCUT2D eigenvalue weighted by Gasteiger charge is 2.11. The number of carbonyl (C=O) groups is 2. The summed E-state index contributed by atoms with van der Waals surface area (Å²) >= 11 is 1.35. The van der Waals surface area contributed by atoms with Gasteiger partial charge in [-0.3, -0.25) is 9.59 Å². The lowest BCUT2D eigenvalue weighted by Gasteiger charge is -2.09. The van der Waals surface area contributed by atoms with Crippen LogP contribution in [0.15, 0.2) is 34.8 Å². The van der Waals surface area contributed by atoms with E-state index in [0.717, 1.165) is 0 Å². The lowest BCUT2D eigenvalue weighted by Crippen LogP contribution is -2.29. The van der Waals surface area contributed by atoms with Crippen molar-refractivity contribution in [3.05, 3.63) is 40.1 Å². The number of rotatable bonds is 5. The molecule has 122 valence electrons. The lowest BCUT2D eigenvalue weighted by molar-refractivity contribution is -0.117. The van der Waals surface area contributed by atoms with E-state index in [0.29, 0.717) is 21.9 Å². The van der Waals surface area contributed by atoms with Crippen LogP contribution in [0.5, 0.6) is 11.5 Å². The van der Waals surface area contributed by atoms with Gasteiger partial charge in [-0.1, -0.05) is 0 Å². The van der Waals surface area contributed by atoms with Gasteiger partial charge in [-0.15, -0.1) is 11.3 Å². The molecule has 0 saturated carbocycles. The smallest absolute Gasteiger partial charge is 0.267 e. The maximum Gasteiger partial charge on any atom is 0.267 e. The average molecular weight is 335 g/mol. The van der Waals surface area contributed by atoms with Crippen molar-refractivity contribution in [3.8, 4) is 11.5 Å². The molecule has 1 N–H and O–H groups in total. The molecule has 7 nitrogen and oxygen atoms in total. The third kappa shape index (κ3) is 4.19. The van der Waals surface area contributed by atoms with Crippen LogP contribution >= 0.6 is 11.3 Å². The fourth-order valence-corrected chi connectivity index (χ4v) is 2.56. The van der Waals surface area contributed by atoms with E-state index in [4.69, 9.17) is 9.47 Å². The first-order valence-electron chi connectivity index (χ1n) is 6.73. The van der Waals surface area contributed by atoms with Crippen molar-refractivity contribution in [2.45, 2.75) is 0 Å². The lowest BCUT2D eigenvalue weighted by atomic mass is 10.2. The van der Waals surface area contributed by atoms with Crippen LogP contribution in [0.25, 0.3) is 0 Å². The van der Waals surface area contributed by atoms with Crippen molar-refractivity contribution in [1.29, 1.82) is 0 Å². The number of ether oxygens (including phenoxy) is 2. The van der Waals surface area contributed by atoms with E-state index < -0.39 is 5.91 Å². The Labute approximate surface area is 137 Å². The summed E-state index contributed by atoms with van der Waals surface area (Å²) in [6.45, 7) is -0.176. The van der Waals surface area contributed by atoms with Gasteiger partial charge in [-0.25, -0.2) is 0 Å². The number of hydrogen-bond donors (Lipinski definition) is 1. The zero-order chi connectivity index (χ0) is 16.8. The van der Waals surface area contributed by atoms with Gasteiger partial charge in [0, 0.05) is 24.2 Å². The fraction of sp³-hybridized carbons (Fsp3) is 0.267. The van der Waals surface area contributed by atoms with E-state index in [1.54, 1.807) is 36.0 Å². The summed E-state index contributed by atoms with van der Waals surface area (Å²) in [6, 6.07) is 4.78. The first-order valence-corrected chi connectivity index (χ1v) is 7.61. The van der Waals surface area contributed by atoms with Crippen molar-refractivity contribution in [2.24, 2.45) is 12.0 Å². The normalized spacial score (nSPS) is 11.2. The summed E-state index contributed by atoms with van der Waals surface area (Å²) in [5.41, 5.74) is 0.372. The van der Waals surface area contributed by atoms with Gasteiger partial charge in [-0.2, -0.15) is 4.99 Å². The largest absolute Gasteiger partial charge is 0.493 e. The van der Waals surface area contributed by atoms with Gasteiger partial charge in [-0.05, 0) is 18.2 Å². The summed E-state index contributed by atoms with van der Waals surface area (Å²) in [4.78, 5) is 28.4. The Morgan fingerprint density at radius 3 is 2.61 bits per heavy atom. The third-order valence-electron chi connectivity index (χ3n) is 3.03. The summed E-state index contributed by atoms with van der Waals surface area (Å²) in [6.07, 6.45) is 1.80. The number of nitrogens with zero attached hydrogens (tertiary/aromatic N) is 2. The highest BCUT2D eigenvalue weighted by atomic mass is 32.1. The highest BCUT2D eigenvalue weighted by molar-refractivity contribution is 7.07. The molecule has 0 aliphatic rings. The molecule has 1 heterocycles. The Kier molecular flexibility index (Phi) is 5.53. The van der Waals surface area contributed by atoms with Crippen LogP contribution < -0.4 is 19.6 Å². The predicted molar refractivity (Wildman–Crippen MR) is 85.7 cm³/mol. The highest BCUT2D eigenvalue weighted by Crippen LogP contribution is 2.27. The van der Waals surface area contributed by atoms with E-state index in [1.807, 2.05) is 5.38 Å². The average Bonchev–Trinajstić information content (AvgIpc) is 2.96. The number of carbonyl (C=O) groups excluding carboxylic acids is 2. The first-order chi connectivity index (χ1) is 11.0. The maximum atomic E-state index is 12.1. The number of methoxy groups -OCH3 is 2. The summed E-state index contributed by atoms with van der Waals surface area (Å²) in [5, 5.41) is 4.36. The summed E-state index contributed by atoms with van der Waals surface area (Å²) < 4.78 is 12.0. The van der Waals surface area contributed by atoms with Gasteiger partial charge in [0.25, 0.3) is 11.8 Å². The minimum Gasteiger partial charge on any atom is -0.493 e. The van der Waals surface area contributed by atoms with Crippen molar-refractivity contribution >= 4 is 23.2 Å². The predicted octanol–water partition coefficient (Wildman–Crippen LogP) is 0.961. The number of thiazole rings is 1. The number of aryl methyl sites for hydroxylation is 1. The quantitative estimate of drug-likeness (QED) is 0.882. The zero-order valence-electron chi connectivity index (χ0n) is 13.0. The molecule has 23 heavy (non-hydrogen) atoms. The molecule has 0 aliphatic carbocycles. The molecule has 2 rings (SSSR count). The number of hydrogen-bond acceptors (Lipinski definition) is 5. The Bertz CT molecular complexity index is 779. The monoisotopic (exact) mass is 335 g/mol. The van der Waals surface area contributed by atoms with Gasteiger partial charge in [0.15, 0.2) is 16.3 Å². The van der Waals surface area contributed by atoms with Crippen LogP contribution in [0.4, 0.5) is 0 Å². The zero-order valence-corrected chi connectivity index (χ0v) is 13.8. The fourth-order valence-electron chi connectivity index (χ4n) is 1.82. The van der Waals surface area contributed by atoms with Gasteiger partial charge in [0.2, 0.25) is 0 Å². The molecule has 1 aromatic heterocycles. The molecule has 2 aromatic rings. The molecule has 0 spiro atoms. The molecule has 0 unspecified atom stereocenters. The van der Waals surface area contributed by atoms with E-state index >= 15 is 0 Å². The number of benzene rings is 1. The Morgan fingerprint density at radius 1 is 1.26 bits per heavy atom. The Hall–Kier alpha value is -2.61. The minimum absolute atomic E-state index is 0.176. The van der Waals surface area contributed by atoms with E-state index in [2.05, 4.69) is 10.3 Å². The van der Waals surface area contributed by atoms with Crippen LogP contribution in [-0.4, -0.2) is 37.1 Å². The minimum atomic E-state index is -0.420. The molecule has 8 heteroatoms. The van der Waals surface area contributed by atoms with Gasteiger partial charge in [0.05, 0.1) is 20.8 Å². The molecule has 0 bridgehead atoms. The molecule has 2 amide bonds. The molecular formula is C15H17N3O4S. The number of nitrogens with one attached hydrogen (secondary N) is 1. The molecule has 0 aliphatic heterocycles. The second-order valence-corrected chi connectivity index (χ2v) is 5.43. The van der Waals surface area contributed by atoms with Crippen LogP contribution in [0.1, 0.15) is 10.4 Å². The second kappa shape index (κ2) is 7.59. The van der Waals surface area contributed by atoms with E-state index in [1.165, 1.54) is 25.6 Å². The van der Waals surface area contributed by atoms with Crippen LogP contribution in [0.3, 0.4) is 0 Å². The molecule has 0 radical (unpaired) electrons. The number of amides is 2. The van der Waals surface area contributed by atoms with Crippen molar-refractivity contribution in [1.82, 2.24) is 9.88 Å². The maximum absolute atomic E-state index is 12.1. The van der Waals surface area contributed by atoms with Gasteiger partial charge >= 0.3 is 0 Å².